The number of aromatic nitrogens is 1. The zero-order valence-electron chi connectivity index (χ0n) is 17.6. The number of hydrogen-bond acceptors (Lipinski definition) is 6. The van der Waals surface area contributed by atoms with Crippen LogP contribution in [0.15, 0.2) is 71.7 Å². The van der Waals surface area contributed by atoms with Crippen LogP contribution in [-0.2, 0) is 20.9 Å². The molecule has 0 aliphatic carbocycles. The topological polar surface area (TPSA) is 104 Å². The molecule has 0 unspecified atom stereocenters. The van der Waals surface area contributed by atoms with Gasteiger partial charge in [0, 0.05) is 23.6 Å². The van der Waals surface area contributed by atoms with Gasteiger partial charge in [0.1, 0.15) is 6.54 Å². The quantitative estimate of drug-likeness (QED) is 0.182. The molecule has 0 saturated heterocycles. The van der Waals surface area contributed by atoms with Crippen molar-refractivity contribution in [2.45, 2.75) is 13.5 Å². The van der Waals surface area contributed by atoms with E-state index in [0.717, 1.165) is 21.0 Å². The fourth-order valence-corrected chi connectivity index (χ4v) is 4.58. The number of nitrogens with zero attached hydrogens (tertiary/aromatic N) is 3. The maximum atomic E-state index is 12.6. The van der Waals surface area contributed by atoms with E-state index in [2.05, 4.69) is 4.99 Å². The normalized spacial score (nSPS) is 12.0. The molecule has 1 aromatic heterocycles. The molecule has 0 aliphatic rings. The van der Waals surface area contributed by atoms with E-state index in [1.54, 1.807) is 23.6 Å². The van der Waals surface area contributed by atoms with Crippen LogP contribution in [0.5, 0.6) is 0 Å². The van der Waals surface area contributed by atoms with Crippen molar-refractivity contribution in [1.29, 1.82) is 0 Å². The van der Waals surface area contributed by atoms with Crippen LogP contribution in [0, 0.1) is 10.1 Å². The maximum absolute atomic E-state index is 12.6. The molecule has 0 spiro atoms. The molecule has 8 nitrogen and oxygen atoms in total. The minimum atomic E-state index is -0.546. The Hall–Kier alpha value is -4.11. The highest BCUT2D eigenvalue weighted by atomic mass is 32.1. The monoisotopic (exact) mass is 461 g/mol. The summed E-state index contributed by atoms with van der Waals surface area (Å²) in [6.07, 6.45) is 2.72. The molecule has 0 fully saturated rings. The smallest absolute Gasteiger partial charge is 0.326 e. The number of esters is 1. The van der Waals surface area contributed by atoms with E-state index in [-0.39, 0.29) is 18.8 Å². The van der Waals surface area contributed by atoms with Crippen molar-refractivity contribution in [3.63, 3.8) is 0 Å². The third-order valence-corrected chi connectivity index (χ3v) is 6.00. The molecule has 3 aromatic carbocycles. The number of amides is 1. The van der Waals surface area contributed by atoms with Crippen LogP contribution >= 0.6 is 11.3 Å². The fraction of sp³-hybridized carbons (Fsp3) is 0.125. The second kappa shape index (κ2) is 9.58. The maximum Gasteiger partial charge on any atom is 0.326 e. The first kappa shape index (κ1) is 22.1. The summed E-state index contributed by atoms with van der Waals surface area (Å²) in [5, 5.41) is 13.0. The number of hydrogen-bond donors (Lipinski definition) is 0. The first-order valence-corrected chi connectivity index (χ1v) is 11.0. The number of benzene rings is 3. The molecule has 33 heavy (non-hydrogen) atoms. The number of fused-ring (bicyclic) bond motifs is 3. The summed E-state index contributed by atoms with van der Waals surface area (Å²) in [7, 11) is 0. The number of rotatable bonds is 6. The Morgan fingerprint density at radius 1 is 1.15 bits per heavy atom. The Morgan fingerprint density at radius 2 is 1.97 bits per heavy atom. The Kier molecular flexibility index (Phi) is 6.41. The molecule has 0 atom stereocenters. The van der Waals surface area contributed by atoms with E-state index < -0.39 is 16.8 Å². The second-order valence-corrected chi connectivity index (χ2v) is 8.02. The second-order valence-electron chi connectivity index (χ2n) is 7.05. The van der Waals surface area contributed by atoms with Crippen molar-refractivity contribution in [3.05, 3.63) is 87.2 Å². The minimum Gasteiger partial charge on any atom is -0.465 e. The standard InChI is InChI=1S/C24H19N3O5S/c1-2-32-22(29)15-26-20-12-11-17-7-3-4-9-19(17)23(20)33-24(26)25-21(28)13-10-16-6-5-8-18(14-16)27(30)31/h3-14H,2,15H2,1H3/b13-10+,25-24?. The highest BCUT2D eigenvalue weighted by Gasteiger charge is 2.14. The zero-order valence-corrected chi connectivity index (χ0v) is 18.5. The first-order chi connectivity index (χ1) is 16.0. The third kappa shape index (κ3) is 4.88. The molecule has 1 heterocycles. The summed E-state index contributed by atoms with van der Waals surface area (Å²) in [6, 6.07) is 17.7. The van der Waals surface area contributed by atoms with Gasteiger partial charge in [-0.2, -0.15) is 4.99 Å². The summed E-state index contributed by atoms with van der Waals surface area (Å²) in [5.41, 5.74) is 1.22. The van der Waals surface area contributed by atoms with Crippen LogP contribution < -0.4 is 4.80 Å². The van der Waals surface area contributed by atoms with Crippen LogP contribution in [0.25, 0.3) is 27.1 Å². The van der Waals surface area contributed by atoms with Crippen LogP contribution in [0.4, 0.5) is 5.69 Å². The lowest BCUT2D eigenvalue weighted by Gasteiger charge is -2.05. The van der Waals surface area contributed by atoms with Gasteiger partial charge in [0.15, 0.2) is 4.80 Å². The van der Waals surface area contributed by atoms with E-state index in [0.29, 0.717) is 10.4 Å². The van der Waals surface area contributed by atoms with E-state index in [4.69, 9.17) is 4.74 Å². The van der Waals surface area contributed by atoms with Crippen molar-refractivity contribution < 1.29 is 19.2 Å². The van der Waals surface area contributed by atoms with Gasteiger partial charge < -0.3 is 9.30 Å². The molecular weight excluding hydrogens is 442 g/mol. The molecule has 0 aliphatic heterocycles. The van der Waals surface area contributed by atoms with Crippen molar-refractivity contribution in [1.82, 2.24) is 4.57 Å². The lowest BCUT2D eigenvalue weighted by Crippen LogP contribution is -2.22. The Bertz CT molecular complexity index is 1480. The average molecular weight is 461 g/mol. The molecule has 1 amide bonds. The highest BCUT2D eigenvalue weighted by Crippen LogP contribution is 2.27. The number of nitro groups is 1. The Morgan fingerprint density at radius 3 is 2.76 bits per heavy atom. The van der Waals surface area contributed by atoms with Gasteiger partial charge in [0.25, 0.3) is 11.6 Å². The van der Waals surface area contributed by atoms with Gasteiger partial charge in [0.2, 0.25) is 0 Å². The van der Waals surface area contributed by atoms with Crippen molar-refractivity contribution >= 4 is 56.0 Å². The Labute approximate surface area is 192 Å². The fourth-order valence-electron chi connectivity index (χ4n) is 3.41. The number of nitro benzene ring substituents is 1. The van der Waals surface area contributed by atoms with Crippen molar-refractivity contribution in [3.8, 4) is 0 Å². The number of carbonyl (C=O) groups is 2. The SMILES string of the molecule is CCOC(=O)Cn1c(=NC(=O)/C=C/c2cccc([N+](=O)[O-])c2)sc2c3ccccc3ccc21. The number of carbonyl (C=O) groups excluding carboxylic acids is 2. The van der Waals surface area contributed by atoms with Crippen LogP contribution in [0.2, 0.25) is 0 Å². The molecular formula is C24H19N3O5S. The third-order valence-electron chi connectivity index (χ3n) is 4.87. The summed E-state index contributed by atoms with van der Waals surface area (Å²) in [4.78, 5) is 39.8. The van der Waals surface area contributed by atoms with Gasteiger partial charge in [0.05, 0.1) is 21.7 Å². The molecule has 166 valence electrons. The summed E-state index contributed by atoms with van der Waals surface area (Å²) < 4.78 is 7.68. The molecule has 4 rings (SSSR count). The van der Waals surface area contributed by atoms with Gasteiger partial charge in [-0.1, -0.05) is 53.8 Å². The van der Waals surface area contributed by atoms with Gasteiger partial charge in [-0.25, -0.2) is 0 Å². The molecule has 0 saturated carbocycles. The molecule has 0 radical (unpaired) electrons. The molecule has 9 heteroatoms. The molecule has 0 N–H and O–H groups in total. The zero-order chi connectivity index (χ0) is 23.4. The Balaban J connectivity index is 1.76. The number of thiazole rings is 1. The van der Waals surface area contributed by atoms with Gasteiger partial charge in [-0.15, -0.1) is 0 Å². The van der Waals surface area contributed by atoms with Gasteiger partial charge in [-0.05, 0) is 30.0 Å². The predicted molar refractivity (Wildman–Crippen MR) is 127 cm³/mol. The first-order valence-electron chi connectivity index (χ1n) is 10.1. The largest absolute Gasteiger partial charge is 0.465 e. The summed E-state index contributed by atoms with van der Waals surface area (Å²) in [6.45, 7) is 1.91. The minimum absolute atomic E-state index is 0.0646. The van der Waals surface area contributed by atoms with Gasteiger partial charge in [-0.3, -0.25) is 19.7 Å². The van der Waals surface area contributed by atoms with Crippen LogP contribution in [0.1, 0.15) is 12.5 Å². The summed E-state index contributed by atoms with van der Waals surface area (Å²) in [5.74, 6) is -0.971. The highest BCUT2D eigenvalue weighted by molar-refractivity contribution is 7.17. The van der Waals surface area contributed by atoms with Crippen molar-refractivity contribution in [2.24, 2.45) is 4.99 Å². The van der Waals surface area contributed by atoms with Crippen molar-refractivity contribution in [2.75, 3.05) is 6.61 Å². The van der Waals surface area contributed by atoms with E-state index in [9.17, 15) is 19.7 Å². The lowest BCUT2D eigenvalue weighted by atomic mass is 10.1. The summed E-state index contributed by atoms with van der Waals surface area (Å²) >= 11 is 1.31. The van der Waals surface area contributed by atoms with E-state index >= 15 is 0 Å². The lowest BCUT2D eigenvalue weighted by molar-refractivity contribution is -0.384. The molecule has 0 bridgehead atoms. The van der Waals surface area contributed by atoms with E-state index in [1.807, 2.05) is 36.4 Å². The van der Waals surface area contributed by atoms with E-state index in [1.165, 1.54) is 35.6 Å². The van der Waals surface area contributed by atoms with Crippen LogP contribution in [0.3, 0.4) is 0 Å². The van der Waals surface area contributed by atoms with Gasteiger partial charge >= 0.3 is 5.97 Å². The van der Waals surface area contributed by atoms with Crippen LogP contribution in [-0.4, -0.2) is 28.0 Å². The predicted octanol–water partition coefficient (Wildman–Crippen LogP) is 4.47. The number of non-ortho nitro benzene ring substituents is 1. The number of ether oxygens (including phenoxy) is 1. The average Bonchev–Trinajstić information content (AvgIpc) is 3.15. The molecule has 4 aromatic rings.